The number of rotatable bonds is 5. The number of anilines is 1. The van der Waals surface area contributed by atoms with Crippen LogP contribution < -0.4 is 15.5 Å². The molecule has 0 saturated heterocycles. The van der Waals surface area contributed by atoms with Crippen molar-refractivity contribution >= 4 is 35.2 Å². The van der Waals surface area contributed by atoms with E-state index in [1.54, 1.807) is 38.2 Å². The lowest BCUT2D eigenvalue weighted by atomic mass is 10.2. The zero-order chi connectivity index (χ0) is 16.7. The highest BCUT2D eigenvalue weighted by molar-refractivity contribution is 6.33. The van der Waals surface area contributed by atoms with E-state index in [2.05, 4.69) is 15.4 Å². The second kappa shape index (κ2) is 8.35. The van der Waals surface area contributed by atoms with E-state index in [1.807, 2.05) is 0 Å². The number of ether oxygens (including phenoxy) is 1. The number of amides is 3. The van der Waals surface area contributed by atoms with Gasteiger partial charge in [-0.15, -0.1) is 0 Å². The van der Waals surface area contributed by atoms with Gasteiger partial charge in [0, 0.05) is 0 Å². The number of methoxy groups -OCH3 is 1. The lowest BCUT2D eigenvalue weighted by molar-refractivity contribution is -0.885. The Bertz CT molecular complexity index is 565. The lowest BCUT2D eigenvalue weighted by Crippen LogP contribution is -3.15. The first-order chi connectivity index (χ1) is 10.3. The van der Waals surface area contributed by atoms with Crippen molar-refractivity contribution in [3.63, 3.8) is 0 Å². The van der Waals surface area contributed by atoms with E-state index in [1.165, 1.54) is 7.11 Å². The normalized spacial score (nSPS) is 12.9. The van der Waals surface area contributed by atoms with Crippen LogP contribution >= 0.6 is 11.6 Å². The van der Waals surface area contributed by atoms with Gasteiger partial charge in [0.25, 0.3) is 11.8 Å². The Kier molecular flexibility index (Phi) is 6.81. The van der Waals surface area contributed by atoms with Crippen molar-refractivity contribution in [2.24, 2.45) is 0 Å². The van der Waals surface area contributed by atoms with Crippen LogP contribution in [0.1, 0.15) is 6.92 Å². The van der Waals surface area contributed by atoms with Crippen LogP contribution in [0.3, 0.4) is 0 Å². The fourth-order valence-corrected chi connectivity index (χ4v) is 1.83. The Balaban J connectivity index is 2.55. The summed E-state index contributed by atoms with van der Waals surface area (Å²) in [6.45, 7) is 1.65. The number of benzene rings is 1. The van der Waals surface area contributed by atoms with Crippen LogP contribution in [0.5, 0.6) is 0 Å². The molecule has 0 radical (unpaired) electrons. The number of hydrogen-bond acceptors (Lipinski definition) is 4. The van der Waals surface area contributed by atoms with E-state index in [0.29, 0.717) is 15.6 Å². The summed E-state index contributed by atoms with van der Waals surface area (Å²) in [6, 6.07) is 6.26. The molecule has 0 saturated carbocycles. The average molecular weight is 329 g/mol. The third kappa shape index (κ3) is 5.34. The van der Waals surface area contributed by atoms with Gasteiger partial charge in [0.05, 0.1) is 24.9 Å². The zero-order valence-electron chi connectivity index (χ0n) is 12.6. The van der Waals surface area contributed by atoms with Crippen LogP contribution in [0, 0.1) is 0 Å². The zero-order valence-corrected chi connectivity index (χ0v) is 13.4. The number of hydrogen-bond donors (Lipinski definition) is 3. The summed E-state index contributed by atoms with van der Waals surface area (Å²) in [5.74, 6) is -0.807. The molecule has 0 aliphatic carbocycles. The Morgan fingerprint density at radius 2 is 1.95 bits per heavy atom. The fourth-order valence-electron chi connectivity index (χ4n) is 1.65. The van der Waals surface area contributed by atoms with Gasteiger partial charge in [-0.05, 0) is 19.1 Å². The van der Waals surface area contributed by atoms with Gasteiger partial charge in [0.15, 0.2) is 12.6 Å². The molecule has 3 amide bonds. The minimum absolute atomic E-state index is 0.0426. The van der Waals surface area contributed by atoms with Gasteiger partial charge in [-0.2, -0.15) is 0 Å². The molecule has 0 aliphatic rings. The molecule has 120 valence electrons. The van der Waals surface area contributed by atoms with E-state index in [0.717, 1.165) is 0 Å². The third-order valence-electron chi connectivity index (χ3n) is 3.13. The molecule has 0 bridgehead atoms. The monoisotopic (exact) mass is 328 g/mol. The van der Waals surface area contributed by atoms with E-state index in [4.69, 9.17) is 11.6 Å². The lowest BCUT2D eigenvalue weighted by Gasteiger charge is -2.20. The van der Waals surface area contributed by atoms with Crippen molar-refractivity contribution in [3.05, 3.63) is 29.3 Å². The van der Waals surface area contributed by atoms with Crippen LogP contribution in [0.15, 0.2) is 24.3 Å². The summed E-state index contributed by atoms with van der Waals surface area (Å²) >= 11 is 5.95. The van der Waals surface area contributed by atoms with Gasteiger partial charge in [0.2, 0.25) is 0 Å². The summed E-state index contributed by atoms with van der Waals surface area (Å²) in [4.78, 5) is 35.3. The summed E-state index contributed by atoms with van der Waals surface area (Å²) in [5.41, 5.74) is 0.508. The average Bonchev–Trinajstić information content (AvgIpc) is 2.48. The summed E-state index contributed by atoms with van der Waals surface area (Å²) in [6.07, 6.45) is -0.829. The SMILES string of the molecule is COC(=O)NC(=O)[C@@H](C)[NH+](C)CC(=O)Nc1ccccc1Cl. The molecule has 3 N–H and O–H groups in total. The Morgan fingerprint density at radius 1 is 1.32 bits per heavy atom. The molecule has 2 atom stereocenters. The number of alkyl carbamates (subject to hydrolysis) is 1. The van der Waals surface area contributed by atoms with Gasteiger partial charge in [-0.25, -0.2) is 4.79 Å². The standard InChI is InChI=1S/C14H18ClN3O4/c1-9(13(20)17-14(21)22-3)18(2)8-12(19)16-11-7-5-4-6-10(11)15/h4-7,9H,8H2,1-3H3,(H,16,19)(H,17,20,21)/p+1/t9-/m1/s1. The van der Waals surface area contributed by atoms with Gasteiger partial charge in [-0.3, -0.25) is 14.9 Å². The number of nitrogens with one attached hydrogen (secondary N) is 3. The highest BCUT2D eigenvalue weighted by atomic mass is 35.5. The molecule has 0 aliphatic heterocycles. The Hall–Kier alpha value is -2.12. The maximum absolute atomic E-state index is 12.0. The molecule has 1 aromatic carbocycles. The Labute approximate surface area is 133 Å². The molecule has 0 spiro atoms. The van der Waals surface area contributed by atoms with Gasteiger partial charge >= 0.3 is 6.09 Å². The number of halogens is 1. The van der Waals surface area contributed by atoms with Crippen molar-refractivity contribution in [2.75, 3.05) is 26.0 Å². The van der Waals surface area contributed by atoms with E-state index in [9.17, 15) is 14.4 Å². The number of para-hydroxylation sites is 1. The molecule has 1 rings (SSSR count). The second-order valence-electron chi connectivity index (χ2n) is 4.75. The molecule has 8 heteroatoms. The molecule has 1 unspecified atom stereocenters. The molecular weight excluding hydrogens is 310 g/mol. The number of imide groups is 1. The van der Waals surface area contributed by atoms with E-state index in [-0.39, 0.29) is 12.5 Å². The highest BCUT2D eigenvalue weighted by Crippen LogP contribution is 2.19. The Morgan fingerprint density at radius 3 is 2.55 bits per heavy atom. The minimum atomic E-state index is -0.829. The predicted octanol–water partition coefficient (Wildman–Crippen LogP) is 0.0643. The molecular formula is C14H19ClN3O4+. The van der Waals surface area contributed by atoms with Crippen molar-refractivity contribution in [3.8, 4) is 0 Å². The van der Waals surface area contributed by atoms with Crippen molar-refractivity contribution < 1.29 is 24.0 Å². The van der Waals surface area contributed by atoms with Gasteiger partial charge in [0.1, 0.15) is 0 Å². The first kappa shape index (κ1) is 17.9. The minimum Gasteiger partial charge on any atom is -0.453 e. The topological polar surface area (TPSA) is 88.9 Å². The largest absolute Gasteiger partial charge is 0.453 e. The summed E-state index contributed by atoms with van der Waals surface area (Å²) < 4.78 is 4.35. The number of carbonyl (C=O) groups is 3. The van der Waals surface area contributed by atoms with Crippen LogP contribution in [0.2, 0.25) is 5.02 Å². The van der Waals surface area contributed by atoms with Gasteiger partial charge < -0.3 is 15.0 Å². The fraction of sp³-hybridized carbons (Fsp3) is 0.357. The van der Waals surface area contributed by atoms with Crippen molar-refractivity contribution in [1.82, 2.24) is 5.32 Å². The second-order valence-corrected chi connectivity index (χ2v) is 5.16. The number of likely N-dealkylation sites (N-methyl/N-ethyl adjacent to an activating group) is 1. The van der Waals surface area contributed by atoms with Crippen molar-refractivity contribution in [2.45, 2.75) is 13.0 Å². The van der Waals surface area contributed by atoms with Crippen LogP contribution in [-0.2, 0) is 14.3 Å². The quantitative estimate of drug-likeness (QED) is 0.713. The van der Waals surface area contributed by atoms with Crippen LogP contribution in [0.4, 0.5) is 10.5 Å². The molecule has 0 heterocycles. The molecule has 0 aromatic heterocycles. The first-order valence-corrected chi connectivity index (χ1v) is 6.98. The van der Waals surface area contributed by atoms with Crippen LogP contribution in [0.25, 0.3) is 0 Å². The molecule has 22 heavy (non-hydrogen) atoms. The first-order valence-electron chi connectivity index (χ1n) is 6.60. The summed E-state index contributed by atoms with van der Waals surface area (Å²) in [5, 5.41) is 5.18. The van der Waals surface area contributed by atoms with Crippen molar-refractivity contribution in [1.29, 1.82) is 0 Å². The third-order valence-corrected chi connectivity index (χ3v) is 3.46. The predicted molar refractivity (Wildman–Crippen MR) is 81.8 cm³/mol. The van der Waals surface area contributed by atoms with Crippen LogP contribution in [-0.4, -0.2) is 44.7 Å². The molecule has 1 aromatic rings. The highest BCUT2D eigenvalue weighted by Gasteiger charge is 2.25. The van der Waals surface area contributed by atoms with E-state index >= 15 is 0 Å². The maximum atomic E-state index is 12.0. The maximum Gasteiger partial charge on any atom is 0.413 e. The van der Waals surface area contributed by atoms with E-state index < -0.39 is 18.0 Å². The summed E-state index contributed by atoms with van der Waals surface area (Å²) in [7, 11) is 2.84. The number of quaternary nitrogens is 1. The van der Waals surface area contributed by atoms with Gasteiger partial charge in [-0.1, -0.05) is 23.7 Å². The molecule has 7 nitrogen and oxygen atoms in total. The number of carbonyl (C=O) groups excluding carboxylic acids is 3. The smallest absolute Gasteiger partial charge is 0.413 e. The molecule has 0 fully saturated rings.